The molecule has 2 N–H and O–H groups in total. The molecule has 2 heterocycles. The van der Waals surface area contributed by atoms with Gasteiger partial charge in [-0.3, -0.25) is 4.79 Å². The van der Waals surface area contributed by atoms with Gasteiger partial charge in [0.15, 0.2) is 6.61 Å². The van der Waals surface area contributed by atoms with E-state index in [2.05, 4.69) is 32.7 Å². The lowest BCUT2D eigenvalue weighted by Gasteiger charge is -2.33. The standard InChI is InChI=1S/C19H24N4O3.ClH/c1-20-17(24)13-26-19(25)22-12-14-7-10-23(11-8-14)18-16-5-3-2-4-15(16)6-9-21-18;/h2-6,9,14H,7-8,10-13H2,1H3,(H,20,24)(H,22,25);1H. The van der Waals surface area contributed by atoms with Crippen molar-refractivity contribution in [3.63, 3.8) is 0 Å². The van der Waals surface area contributed by atoms with Crippen LogP contribution in [0.2, 0.25) is 0 Å². The number of carbonyl (C=O) groups excluding carboxylic acids is 2. The Morgan fingerprint density at radius 3 is 2.70 bits per heavy atom. The van der Waals surface area contributed by atoms with Crippen molar-refractivity contribution >= 4 is 41.0 Å². The minimum Gasteiger partial charge on any atom is -0.439 e. The molecule has 146 valence electrons. The Morgan fingerprint density at radius 1 is 1.22 bits per heavy atom. The minimum atomic E-state index is -0.549. The number of nitrogens with one attached hydrogen (secondary N) is 2. The Hall–Kier alpha value is -2.54. The fourth-order valence-corrected chi connectivity index (χ4v) is 3.19. The van der Waals surface area contributed by atoms with Crippen molar-refractivity contribution < 1.29 is 14.3 Å². The van der Waals surface area contributed by atoms with Crippen molar-refractivity contribution in [1.82, 2.24) is 15.6 Å². The summed E-state index contributed by atoms with van der Waals surface area (Å²) in [4.78, 5) is 29.5. The van der Waals surface area contributed by atoms with Gasteiger partial charge in [0.25, 0.3) is 5.91 Å². The molecule has 1 aromatic carbocycles. The van der Waals surface area contributed by atoms with E-state index in [1.165, 1.54) is 17.8 Å². The number of hydrogen-bond acceptors (Lipinski definition) is 5. The maximum absolute atomic E-state index is 11.6. The summed E-state index contributed by atoms with van der Waals surface area (Å²) >= 11 is 0. The van der Waals surface area contributed by atoms with Gasteiger partial charge in [-0.2, -0.15) is 0 Å². The number of amides is 2. The Balaban J connectivity index is 0.00000261. The van der Waals surface area contributed by atoms with Gasteiger partial charge in [0.05, 0.1) is 0 Å². The summed E-state index contributed by atoms with van der Waals surface area (Å²) in [5.74, 6) is 1.10. The van der Waals surface area contributed by atoms with E-state index in [0.29, 0.717) is 12.5 Å². The number of carbonyl (C=O) groups is 2. The molecule has 1 aliphatic rings. The van der Waals surface area contributed by atoms with E-state index in [1.807, 2.05) is 24.4 Å². The number of likely N-dealkylation sites (N-methyl/N-ethyl adjacent to an activating group) is 1. The molecule has 7 nitrogen and oxygen atoms in total. The average molecular weight is 393 g/mol. The van der Waals surface area contributed by atoms with Crippen LogP contribution in [0.25, 0.3) is 10.8 Å². The molecule has 0 unspecified atom stereocenters. The van der Waals surface area contributed by atoms with E-state index in [9.17, 15) is 9.59 Å². The van der Waals surface area contributed by atoms with E-state index < -0.39 is 6.09 Å². The number of piperidine rings is 1. The Kier molecular flexibility index (Phi) is 7.67. The maximum atomic E-state index is 11.6. The third-order valence-electron chi connectivity index (χ3n) is 4.71. The monoisotopic (exact) mass is 392 g/mol. The van der Waals surface area contributed by atoms with Crippen LogP contribution in [0.1, 0.15) is 12.8 Å². The minimum absolute atomic E-state index is 0. The van der Waals surface area contributed by atoms with Gasteiger partial charge in [-0.1, -0.05) is 24.3 Å². The number of rotatable bonds is 5. The van der Waals surface area contributed by atoms with Crippen LogP contribution in [0.5, 0.6) is 0 Å². The topological polar surface area (TPSA) is 83.6 Å². The average Bonchev–Trinajstić information content (AvgIpc) is 2.70. The first kappa shape index (κ1) is 20.8. The highest BCUT2D eigenvalue weighted by molar-refractivity contribution is 5.92. The number of fused-ring (bicyclic) bond motifs is 1. The lowest BCUT2D eigenvalue weighted by Crippen LogP contribution is -2.39. The number of hydrogen-bond donors (Lipinski definition) is 2. The molecule has 0 radical (unpaired) electrons. The van der Waals surface area contributed by atoms with Crippen LogP contribution in [0.15, 0.2) is 36.5 Å². The normalized spacial score (nSPS) is 14.3. The van der Waals surface area contributed by atoms with Gasteiger partial charge in [-0.05, 0) is 30.2 Å². The number of halogens is 1. The number of pyridine rings is 1. The second-order valence-electron chi connectivity index (χ2n) is 6.42. The zero-order valence-electron chi connectivity index (χ0n) is 15.3. The summed E-state index contributed by atoms with van der Waals surface area (Å²) in [5, 5.41) is 7.51. The second-order valence-corrected chi connectivity index (χ2v) is 6.42. The summed E-state index contributed by atoms with van der Waals surface area (Å²) in [6.07, 6.45) is 3.25. The highest BCUT2D eigenvalue weighted by Crippen LogP contribution is 2.27. The number of alkyl carbamates (subject to hydrolysis) is 1. The highest BCUT2D eigenvalue weighted by Gasteiger charge is 2.22. The van der Waals surface area contributed by atoms with E-state index >= 15 is 0 Å². The maximum Gasteiger partial charge on any atom is 0.407 e. The first-order valence-corrected chi connectivity index (χ1v) is 8.87. The molecule has 1 aromatic heterocycles. The number of benzene rings is 1. The molecule has 0 atom stereocenters. The molecule has 27 heavy (non-hydrogen) atoms. The van der Waals surface area contributed by atoms with Crippen molar-refractivity contribution in [2.75, 3.05) is 38.2 Å². The summed E-state index contributed by atoms with van der Waals surface area (Å²) in [6.45, 7) is 2.11. The largest absolute Gasteiger partial charge is 0.439 e. The van der Waals surface area contributed by atoms with E-state index in [0.717, 1.165) is 31.7 Å². The van der Waals surface area contributed by atoms with Gasteiger partial charge in [0.1, 0.15) is 5.82 Å². The van der Waals surface area contributed by atoms with Crippen LogP contribution >= 0.6 is 12.4 Å². The Bertz CT molecular complexity index is 773. The molecule has 8 heteroatoms. The van der Waals surface area contributed by atoms with Crippen molar-refractivity contribution in [2.24, 2.45) is 5.92 Å². The summed E-state index contributed by atoms with van der Waals surface area (Å²) in [5.41, 5.74) is 0. The molecule has 2 amide bonds. The van der Waals surface area contributed by atoms with Crippen molar-refractivity contribution in [1.29, 1.82) is 0 Å². The fraction of sp³-hybridized carbons (Fsp3) is 0.421. The number of aromatic nitrogens is 1. The lowest BCUT2D eigenvalue weighted by molar-refractivity contribution is -0.123. The first-order chi connectivity index (χ1) is 12.7. The predicted molar refractivity (Wildman–Crippen MR) is 107 cm³/mol. The van der Waals surface area contributed by atoms with Crippen molar-refractivity contribution in [3.05, 3.63) is 36.5 Å². The molecule has 0 saturated carbocycles. The second kappa shape index (κ2) is 9.97. The number of nitrogens with zero attached hydrogens (tertiary/aromatic N) is 2. The van der Waals surface area contributed by atoms with Crippen LogP contribution in [0.3, 0.4) is 0 Å². The van der Waals surface area contributed by atoms with Gasteiger partial charge in [-0.25, -0.2) is 9.78 Å². The highest BCUT2D eigenvalue weighted by atomic mass is 35.5. The third-order valence-corrected chi connectivity index (χ3v) is 4.71. The van der Waals surface area contributed by atoms with Gasteiger partial charge < -0.3 is 20.3 Å². The van der Waals surface area contributed by atoms with Gasteiger partial charge in [0, 0.05) is 38.3 Å². The number of ether oxygens (including phenoxy) is 1. The molecule has 0 aliphatic carbocycles. The molecule has 0 bridgehead atoms. The van der Waals surface area contributed by atoms with E-state index in [1.54, 1.807) is 0 Å². The zero-order valence-corrected chi connectivity index (χ0v) is 16.1. The molecule has 1 saturated heterocycles. The third kappa shape index (κ3) is 5.47. The van der Waals surface area contributed by atoms with Crippen LogP contribution < -0.4 is 15.5 Å². The Labute approximate surface area is 164 Å². The molecular formula is C19H25ClN4O3. The van der Waals surface area contributed by atoms with Crippen LogP contribution in [0, 0.1) is 5.92 Å². The predicted octanol–water partition coefficient (Wildman–Crippen LogP) is 2.35. The van der Waals surface area contributed by atoms with E-state index in [-0.39, 0.29) is 24.9 Å². The van der Waals surface area contributed by atoms with Gasteiger partial charge in [-0.15, -0.1) is 12.4 Å². The van der Waals surface area contributed by atoms with Crippen LogP contribution in [-0.2, 0) is 9.53 Å². The molecular weight excluding hydrogens is 368 g/mol. The molecule has 0 spiro atoms. The first-order valence-electron chi connectivity index (χ1n) is 8.87. The number of anilines is 1. The molecule has 1 aliphatic heterocycles. The van der Waals surface area contributed by atoms with Crippen molar-refractivity contribution in [2.45, 2.75) is 12.8 Å². The lowest BCUT2D eigenvalue weighted by atomic mass is 9.96. The summed E-state index contributed by atoms with van der Waals surface area (Å²) < 4.78 is 4.84. The smallest absolute Gasteiger partial charge is 0.407 e. The van der Waals surface area contributed by atoms with Gasteiger partial charge >= 0.3 is 6.09 Å². The van der Waals surface area contributed by atoms with Gasteiger partial charge in [0.2, 0.25) is 0 Å². The SMILES string of the molecule is CNC(=O)COC(=O)NCC1CCN(c2nccc3ccccc23)CC1.Cl. The van der Waals surface area contributed by atoms with Crippen LogP contribution in [-0.4, -0.2) is 50.3 Å². The van der Waals surface area contributed by atoms with Crippen molar-refractivity contribution in [3.8, 4) is 0 Å². The zero-order chi connectivity index (χ0) is 18.4. The molecule has 3 rings (SSSR count). The quantitative estimate of drug-likeness (QED) is 0.816. The molecule has 2 aromatic rings. The molecule has 1 fully saturated rings. The Morgan fingerprint density at radius 2 is 1.96 bits per heavy atom. The van der Waals surface area contributed by atoms with Crippen LogP contribution in [0.4, 0.5) is 10.6 Å². The summed E-state index contributed by atoms with van der Waals surface area (Å²) in [6, 6.07) is 10.3. The summed E-state index contributed by atoms with van der Waals surface area (Å²) in [7, 11) is 1.50. The van der Waals surface area contributed by atoms with E-state index in [4.69, 9.17) is 4.74 Å². The fourth-order valence-electron chi connectivity index (χ4n) is 3.19.